The molecule has 1 rings (SSSR count). The van der Waals surface area contributed by atoms with Crippen LogP contribution in [-0.2, 0) is 0 Å². The van der Waals surface area contributed by atoms with Crippen LogP contribution in [0.3, 0.4) is 0 Å². The zero-order valence-electron chi connectivity index (χ0n) is 8.47. The molecule has 1 fully saturated rings. The SMILES string of the molecule is CC(C)(C)/C(Cl)=C/C1SCCCS1. The molecule has 0 aromatic rings. The molecule has 0 spiro atoms. The maximum atomic E-state index is 6.22. The molecule has 1 heterocycles. The van der Waals surface area contributed by atoms with Crippen molar-refractivity contribution in [1.29, 1.82) is 0 Å². The predicted molar refractivity (Wildman–Crippen MR) is 66.7 cm³/mol. The van der Waals surface area contributed by atoms with Gasteiger partial charge in [-0.15, -0.1) is 23.5 Å². The molecule has 1 aliphatic heterocycles. The first-order valence-electron chi connectivity index (χ1n) is 4.61. The third-order valence-corrected chi connectivity index (χ3v) is 5.34. The first kappa shape index (κ1) is 11.8. The summed E-state index contributed by atoms with van der Waals surface area (Å²) in [4.78, 5) is 0. The van der Waals surface area contributed by atoms with E-state index in [1.165, 1.54) is 17.9 Å². The van der Waals surface area contributed by atoms with Crippen LogP contribution in [0.1, 0.15) is 27.2 Å². The van der Waals surface area contributed by atoms with E-state index in [-0.39, 0.29) is 5.41 Å². The van der Waals surface area contributed by atoms with Crippen molar-refractivity contribution in [3.05, 3.63) is 11.1 Å². The molecule has 3 heteroatoms. The van der Waals surface area contributed by atoms with Crippen molar-refractivity contribution in [2.24, 2.45) is 5.41 Å². The van der Waals surface area contributed by atoms with E-state index in [1.54, 1.807) is 0 Å². The van der Waals surface area contributed by atoms with E-state index >= 15 is 0 Å². The molecule has 0 N–H and O–H groups in total. The zero-order chi connectivity index (χ0) is 9.90. The highest BCUT2D eigenvalue weighted by Gasteiger charge is 2.18. The number of allylic oxidation sites excluding steroid dienone is 1. The molecular formula is C10H17ClS2. The van der Waals surface area contributed by atoms with Crippen molar-refractivity contribution in [1.82, 2.24) is 0 Å². The lowest BCUT2D eigenvalue weighted by Gasteiger charge is -2.22. The van der Waals surface area contributed by atoms with Gasteiger partial charge in [-0.05, 0) is 29.4 Å². The van der Waals surface area contributed by atoms with Gasteiger partial charge in [0.15, 0.2) is 0 Å². The highest BCUT2D eigenvalue weighted by molar-refractivity contribution is 8.17. The van der Waals surface area contributed by atoms with Crippen molar-refractivity contribution >= 4 is 35.1 Å². The first-order chi connectivity index (χ1) is 6.00. The van der Waals surface area contributed by atoms with E-state index in [1.807, 2.05) is 23.5 Å². The fourth-order valence-electron chi connectivity index (χ4n) is 0.972. The van der Waals surface area contributed by atoms with Gasteiger partial charge in [-0.3, -0.25) is 0 Å². The topological polar surface area (TPSA) is 0 Å². The third kappa shape index (κ3) is 4.18. The molecule has 0 aliphatic carbocycles. The lowest BCUT2D eigenvalue weighted by Crippen LogP contribution is -2.09. The van der Waals surface area contributed by atoms with Crippen molar-refractivity contribution < 1.29 is 0 Å². The Morgan fingerprint density at radius 3 is 2.31 bits per heavy atom. The number of halogens is 1. The number of hydrogen-bond donors (Lipinski definition) is 0. The Balaban J connectivity index is 2.53. The summed E-state index contributed by atoms with van der Waals surface area (Å²) in [6.45, 7) is 6.47. The predicted octanol–water partition coefficient (Wildman–Crippen LogP) is 4.35. The molecule has 76 valence electrons. The van der Waals surface area contributed by atoms with Gasteiger partial charge in [0.25, 0.3) is 0 Å². The maximum absolute atomic E-state index is 6.22. The minimum absolute atomic E-state index is 0.111. The summed E-state index contributed by atoms with van der Waals surface area (Å²) in [5.41, 5.74) is 0.111. The fourth-order valence-corrected chi connectivity index (χ4v) is 3.94. The van der Waals surface area contributed by atoms with E-state index in [9.17, 15) is 0 Å². The molecule has 0 radical (unpaired) electrons. The summed E-state index contributed by atoms with van der Waals surface area (Å²) >= 11 is 10.2. The van der Waals surface area contributed by atoms with Gasteiger partial charge in [-0.1, -0.05) is 32.4 Å². The van der Waals surface area contributed by atoms with Gasteiger partial charge >= 0.3 is 0 Å². The molecule has 1 saturated heterocycles. The minimum atomic E-state index is 0.111. The molecule has 0 amide bonds. The summed E-state index contributed by atoms with van der Waals surface area (Å²) in [5, 5.41) is 0.999. The van der Waals surface area contributed by atoms with E-state index in [0.29, 0.717) is 4.58 Å². The molecule has 0 atom stereocenters. The lowest BCUT2D eigenvalue weighted by molar-refractivity contribution is 0.530. The van der Waals surface area contributed by atoms with Gasteiger partial charge in [0.05, 0.1) is 4.58 Å². The monoisotopic (exact) mass is 236 g/mol. The van der Waals surface area contributed by atoms with E-state index in [2.05, 4.69) is 26.8 Å². The molecular weight excluding hydrogens is 220 g/mol. The second kappa shape index (κ2) is 4.99. The Hall–Kier alpha value is 0.730. The van der Waals surface area contributed by atoms with E-state index in [0.717, 1.165) is 5.03 Å². The number of rotatable bonds is 1. The van der Waals surface area contributed by atoms with Crippen molar-refractivity contribution in [3.8, 4) is 0 Å². The van der Waals surface area contributed by atoms with Gasteiger partial charge in [0, 0.05) is 5.03 Å². The van der Waals surface area contributed by atoms with Crippen molar-refractivity contribution in [3.63, 3.8) is 0 Å². The van der Waals surface area contributed by atoms with Crippen LogP contribution in [0.15, 0.2) is 11.1 Å². The van der Waals surface area contributed by atoms with Crippen LogP contribution >= 0.6 is 35.1 Å². The smallest absolute Gasteiger partial charge is 0.0696 e. The summed E-state index contributed by atoms with van der Waals surface area (Å²) < 4.78 is 0.584. The number of hydrogen-bond acceptors (Lipinski definition) is 2. The maximum Gasteiger partial charge on any atom is 0.0696 e. The molecule has 13 heavy (non-hydrogen) atoms. The van der Waals surface area contributed by atoms with Crippen LogP contribution in [0.4, 0.5) is 0 Å². The molecule has 0 aromatic heterocycles. The fraction of sp³-hybridized carbons (Fsp3) is 0.800. The number of thioether (sulfide) groups is 2. The van der Waals surface area contributed by atoms with Gasteiger partial charge in [0.2, 0.25) is 0 Å². The molecule has 0 bridgehead atoms. The first-order valence-corrected chi connectivity index (χ1v) is 7.09. The highest BCUT2D eigenvalue weighted by atomic mass is 35.5. The second-order valence-electron chi connectivity index (χ2n) is 4.23. The van der Waals surface area contributed by atoms with Crippen LogP contribution in [0.5, 0.6) is 0 Å². The van der Waals surface area contributed by atoms with Crippen LogP contribution in [0, 0.1) is 5.41 Å². The molecule has 0 nitrogen and oxygen atoms in total. The highest BCUT2D eigenvalue weighted by Crippen LogP contribution is 2.36. The van der Waals surface area contributed by atoms with Crippen LogP contribution < -0.4 is 0 Å². The molecule has 0 aromatic carbocycles. The quantitative estimate of drug-likeness (QED) is 0.664. The Bertz CT molecular complexity index is 188. The summed E-state index contributed by atoms with van der Waals surface area (Å²) in [6.07, 6.45) is 3.56. The molecule has 1 aliphatic rings. The lowest BCUT2D eigenvalue weighted by atomic mass is 9.96. The molecule has 0 saturated carbocycles. The normalized spacial score (nSPS) is 22.0. The van der Waals surface area contributed by atoms with E-state index < -0.39 is 0 Å². The summed E-state index contributed by atoms with van der Waals surface area (Å²) in [5.74, 6) is 2.56. The Kier molecular flexibility index (Phi) is 4.53. The largest absolute Gasteiger partial charge is 0.143 e. The molecule has 0 unspecified atom stereocenters. The van der Waals surface area contributed by atoms with Gasteiger partial charge in [-0.25, -0.2) is 0 Å². The van der Waals surface area contributed by atoms with Gasteiger partial charge in [0.1, 0.15) is 0 Å². The van der Waals surface area contributed by atoms with Gasteiger partial charge in [-0.2, -0.15) is 0 Å². The standard InChI is InChI=1S/C10H17ClS2/c1-10(2,3)8(11)7-9-12-5-4-6-13-9/h7,9H,4-6H2,1-3H3/b8-7-. The van der Waals surface area contributed by atoms with Crippen LogP contribution in [0.2, 0.25) is 0 Å². The second-order valence-corrected chi connectivity index (χ2v) is 7.43. The third-order valence-electron chi connectivity index (χ3n) is 1.85. The van der Waals surface area contributed by atoms with E-state index in [4.69, 9.17) is 11.6 Å². The summed E-state index contributed by atoms with van der Waals surface area (Å²) in [7, 11) is 0. The Morgan fingerprint density at radius 2 is 1.85 bits per heavy atom. The minimum Gasteiger partial charge on any atom is -0.143 e. The van der Waals surface area contributed by atoms with Crippen LogP contribution in [0.25, 0.3) is 0 Å². The Labute approximate surface area is 94.9 Å². The van der Waals surface area contributed by atoms with Crippen LogP contribution in [-0.4, -0.2) is 16.1 Å². The Morgan fingerprint density at radius 1 is 1.31 bits per heavy atom. The van der Waals surface area contributed by atoms with Crippen molar-refractivity contribution in [2.75, 3.05) is 11.5 Å². The van der Waals surface area contributed by atoms with Crippen molar-refractivity contribution in [2.45, 2.75) is 31.8 Å². The average Bonchev–Trinajstić information content (AvgIpc) is 2.04. The van der Waals surface area contributed by atoms with Gasteiger partial charge < -0.3 is 0 Å². The zero-order valence-corrected chi connectivity index (χ0v) is 10.9. The summed E-state index contributed by atoms with van der Waals surface area (Å²) in [6, 6.07) is 0. The average molecular weight is 237 g/mol.